The molecule has 1 heterocycles. The lowest BCUT2D eigenvalue weighted by Crippen LogP contribution is -2.29. The third-order valence-electron chi connectivity index (χ3n) is 6.19. The molecule has 0 aromatic heterocycles. The zero-order valence-corrected chi connectivity index (χ0v) is 18.1. The molecular formula is C23H35F3N2O. The van der Waals surface area contributed by atoms with Gasteiger partial charge in [0.15, 0.2) is 0 Å². The van der Waals surface area contributed by atoms with Crippen LogP contribution in [-0.2, 0) is 6.54 Å². The zero-order chi connectivity index (χ0) is 21.2. The van der Waals surface area contributed by atoms with Crippen LogP contribution in [-0.4, -0.2) is 37.4 Å². The first kappa shape index (κ1) is 22.4. The van der Waals surface area contributed by atoms with Crippen LogP contribution in [0.4, 0.5) is 13.2 Å². The fourth-order valence-corrected chi connectivity index (χ4v) is 5.01. The minimum atomic E-state index is -4.64. The molecule has 0 radical (unpaired) electrons. The Kier molecular flexibility index (Phi) is 6.84. The van der Waals surface area contributed by atoms with Crippen molar-refractivity contribution in [2.24, 2.45) is 29.1 Å². The predicted molar refractivity (Wildman–Crippen MR) is 110 cm³/mol. The van der Waals surface area contributed by atoms with Crippen LogP contribution in [0.25, 0.3) is 0 Å². The molecule has 2 fully saturated rings. The fraction of sp³-hybridized carbons (Fsp3) is 0.739. The van der Waals surface area contributed by atoms with Gasteiger partial charge in [0.1, 0.15) is 5.75 Å². The molecule has 164 valence electrons. The van der Waals surface area contributed by atoms with Crippen molar-refractivity contribution in [1.29, 1.82) is 0 Å². The van der Waals surface area contributed by atoms with Crippen molar-refractivity contribution in [2.75, 3.05) is 26.2 Å². The number of hydrogen-bond donors (Lipinski definition) is 1. The Hall–Kier alpha value is -1.27. The topological polar surface area (TPSA) is 24.5 Å². The van der Waals surface area contributed by atoms with E-state index in [1.165, 1.54) is 44.6 Å². The van der Waals surface area contributed by atoms with Crippen molar-refractivity contribution in [3.63, 3.8) is 0 Å². The van der Waals surface area contributed by atoms with E-state index in [9.17, 15) is 13.2 Å². The largest absolute Gasteiger partial charge is 0.573 e. The van der Waals surface area contributed by atoms with Crippen LogP contribution in [0.3, 0.4) is 0 Å². The Bertz CT molecular complexity index is 659. The van der Waals surface area contributed by atoms with Crippen molar-refractivity contribution < 1.29 is 17.9 Å². The molecule has 1 saturated carbocycles. The minimum Gasteiger partial charge on any atom is -0.406 e. The van der Waals surface area contributed by atoms with Crippen LogP contribution in [0.1, 0.15) is 46.1 Å². The summed E-state index contributed by atoms with van der Waals surface area (Å²) in [5, 5.41) is 3.42. The number of fused-ring (bicyclic) bond motifs is 1. The van der Waals surface area contributed by atoms with Crippen LogP contribution < -0.4 is 10.1 Å². The Morgan fingerprint density at radius 3 is 2.48 bits per heavy atom. The molecule has 1 aliphatic heterocycles. The third kappa shape index (κ3) is 7.18. The van der Waals surface area contributed by atoms with Gasteiger partial charge in [-0.15, -0.1) is 13.2 Å². The molecule has 1 aromatic rings. The number of nitrogens with zero attached hydrogens (tertiary/aromatic N) is 1. The maximum absolute atomic E-state index is 12.3. The van der Waals surface area contributed by atoms with Crippen molar-refractivity contribution in [3.05, 3.63) is 29.8 Å². The summed E-state index contributed by atoms with van der Waals surface area (Å²) in [6.07, 6.45) is -2.10. The summed E-state index contributed by atoms with van der Waals surface area (Å²) in [4.78, 5) is 2.61. The summed E-state index contributed by atoms with van der Waals surface area (Å²) in [5.41, 5.74) is 1.22. The highest BCUT2D eigenvalue weighted by atomic mass is 19.4. The van der Waals surface area contributed by atoms with Crippen LogP contribution in [0, 0.1) is 29.1 Å². The van der Waals surface area contributed by atoms with E-state index in [2.05, 4.69) is 42.6 Å². The number of nitrogens with one attached hydrogen (secondary N) is 1. The molecule has 2 aliphatic rings. The standard InChI is InChI=1S/C23H35F3N2O/c1-16(11-22(2,3)4)8-9-28-14-20-19(21(20)15-28)13-27-12-17-6-5-7-18(10-17)29-23(24,25)26/h5-7,10,16,19-21,27H,8-9,11-15H2,1-4H3. The van der Waals surface area contributed by atoms with Crippen LogP contribution in [0.5, 0.6) is 5.75 Å². The van der Waals surface area contributed by atoms with Crippen molar-refractivity contribution in [2.45, 2.75) is 53.4 Å². The maximum atomic E-state index is 12.3. The second kappa shape index (κ2) is 8.84. The molecule has 29 heavy (non-hydrogen) atoms. The van der Waals surface area contributed by atoms with Gasteiger partial charge in [-0.2, -0.15) is 0 Å². The Morgan fingerprint density at radius 2 is 1.86 bits per heavy atom. The number of benzene rings is 1. The quantitative estimate of drug-likeness (QED) is 0.594. The first-order valence-electron chi connectivity index (χ1n) is 10.8. The lowest BCUT2D eigenvalue weighted by atomic mass is 9.84. The first-order chi connectivity index (χ1) is 13.5. The van der Waals surface area contributed by atoms with E-state index < -0.39 is 6.36 Å². The molecular weight excluding hydrogens is 377 g/mol. The summed E-state index contributed by atoms with van der Waals surface area (Å²) in [6.45, 7) is 14.4. The van der Waals surface area contributed by atoms with E-state index in [0.29, 0.717) is 17.9 Å². The van der Waals surface area contributed by atoms with Crippen molar-refractivity contribution in [3.8, 4) is 5.75 Å². The second-order valence-electron chi connectivity index (χ2n) is 10.2. The van der Waals surface area contributed by atoms with Crippen molar-refractivity contribution in [1.82, 2.24) is 10.2 Å². The average molecular weight is 413 g/mol. The molecule has 3 atom stereocenters. The smallest absolute Gasteiger partial charge is 0.406 e. The lowest BCUT2D eigenvalue weighted by Gasteiger charge is -2.26. The Balaban J connectivity index is 1.32. The predicted octanol–water partition coefficient (Wildman–Crippen LogP) is 5.32. The molecule has 1 aromatic carbocycles. The van der Waals surface area contributed by atoms with E-state index in [-0.39, 0.29) is 5.75 Å². The first-order valence-corrected chi connectivity index (χ1v) is 10.8. The molecule has 3 nitrogen and oxygen atoms in total. The summed E-state index contributed by atoms with van der Waals surface area (Å²) in [7, 11) is 0. The molecule has 0 spiro atoms. The van der Waals surface area contributed by atoms with Gasteiger partial charge in [0.25, 0.3) is 0 Å². The Morgan fingerprint density at radius 1 is 1.17 bits per heavy atom. The number of halogens is 3. The number of ether oxygens (including phenoxy) is 1. The third-order valence-corrected chi connectivity index (χ3v) is 6.19. The van der Waals surface area contributed by atoms with Gasteiger partial charge in [0.05, 0.1) is 0 Å². The number of alkyl halides is 3. The molecule has 3 rings (SSSR count). The molecule has 1 aliphatic carbocycles. The molecule has 3 unspecified atom stereocenters. The van der Waals surface area contributed by atoms with Crippen LogP contribution in [0.15, 0.2) is 24.3 Å². The van der Waals surface area contributed by atoms with E-state index in [1.54, 1.807) is 6.07 Å². The highest BCUT2D eigenvalue weighted by molar-refractivity contribution is 5.28. The summed E-state index contributed by atoms with van der Waals surface area (Å²) >= 11 is 0. The lowest BCUT2D eigenvalue weighted by molar-refractivity contribution is -0.274. The minimum absolute atomic E-state index is 0.156. The molecule has 6 heteroatoms. The van der Waals surface area contributed by atoms with E-state index in [4.69, 9.17) is 0 Å². The summed E-state index contributed by atoms with van der Waals surface area (Å²) in [6, 6.07) is 6.21. The van der Waals surface area contributed by atoms with Crippen LogP contribution in [0.2, 0.25) is 0 Å². The number of piperidine rings is 1. The molecule has 1 saturated heterocycles. The SMILES string of the molecule is CC(CCN1CC2C(CNCc3cccc(OC(F)(F)F)c3)C2C1)CC(C)(C)C. The van der Waals surface area contributed by atoms with Gasteiger partial charge in [0.2, 0.25) is 0 Å². The second-order valence-corrected chi connectivity index (χ2v) is 10.2. The van der Waals surface area contributed by atoms with E-state index >= 15 is 0 Å². The van der Waals surface area contributed by atoms with Gasteiger partial charge in [-0.3, -0.25) is 0 Å². The normalized spacial score (nSPS) is 25.7. The van der Waals surface area contributed by atoms with Gasteiger partial charge < -0.3 is 15.0 Å². The Labute approximate surface area is 173 Å². The van der Waals surface area contributed by atoms with Gasteiger partial charge in [-0.05, 0) is 72.7 Å². The number of likely N-dealkylation sites (tertiary alicyclic amines) is 1. The van der Waals surface area contributed by atoms with E-state index in [0.717, 1.165) is 29.9 Å². The van der Waals surface area contributed by atoms with Gasteiger partial charge in [0, 0.05) is 19.6 Å². The number of rotatable bonds is 9. The monoisotopic (exact) mass is 412 g/mol. The molecule has 0 bridgehead atoms. The van der Waals surface area contributed by atoms with Crippen LogP contribution >= 0.6 is 0 Å². The number of hydrogen-bond acceptors (Lipinski definition) is 3. The highest BCUT2D eigenvalue weighted by Gasteiger charge is 2.54. The van der Waals surface area contributed by atoms with Gasteiger partial charge in [-0.25, -0.2) is 0 Å². The fourth-order valence-electron chi connectivity index (χ4n) is 5.01. The highest BCUT2D eigenvalue weighted by Crippen LogP contribution is 2.51. The zero-order valence-electron chi connectivity index (χ0n) is 18.1. The van der Waals surface area contributed by atoms with Gasteiger partial charge >= 0.3 is 6.36 Å². The average Bonchev–Trinajstić information content (AvgIpc) is 3.02. The molecule has 0 amide bonds. The van der Waals surface area contributed by atoms with E-state index in [1.807, 2.05) is 6.07 Å². The van der Waals surface area contributed by atoms with Crippen molar-refractivity contribution >= 4 is 0 Å². The summed E-state index contributed by atoms with van der Waals surface area (Å²) < 4.78 is 41.0. The molecule has 1 N–H and O–H groups in total. The van der Waals surface area contributed by atoms with Gasteiger partial charge in [-0.1, -0.05) is 39.8 Å². The maximum Gasteiger partial charge on any atom is 0.573 e. The summed E-state index contributed by atoms with van der Waals surface area (Å²) in [5.74, 6) is 2.91.